The quantitative estimate of drug-likeness (QED) is 0.827. The maximum absolute atomic E-state index is 13.0. The van der Waals surface area contributed by atoms with Gasteiger partial charge in [0.05, 0.1) is 6.61 Å². The molecule has 2 aliphatic rings. The second kappa shape index (κ2) is 7.32. The number of benzene rings is 1. The minimum atomic E-state index is -0.332. The number of ether oxygens (including phenoxy) is 1. The van der Waals surface area contributed by atoms with Crippen LogP contribution in [0.3, 0.4) is 0 Å². The van der Waals surface area contributed by atoms with Crippen LogP contribution in [0, 0.1) is 11.7 Å². The summed E-state index contributed by atoms with van der Waals surface area (Å²) in [6.07, 6.45) is 4.30. The zero-order valence-electron chi connectivity index (χ0n) is 14.6. The standard InChI is InChI=1S/C20H22FN3O2/c21-17-5-3-16(4-6-17)20(25)24-11-9-23(10-12-24)19-13-18(7-8-22-19)26-14-15-1-2-15/h3-8,13,15H,1-2,9-12,14H2. The number of halogens is 1. The second-order valence-electron chi connectivity index (χ2n) is 6.89. The molecule has 2 aromatic rings. The number of carbonyl (C=O) groups is 1. The molecule has 136 valence electrons. The molecule has 26 heavy (non-hydrogen) atoms. The average Bonchev–Trinajstić information content (AvgIpc) is 3.51. The van der Waals surface area contributed by atoms with Crippen LogP contribution in [-0.2, 0) is 0 Å². The molecule has 6 heteroatoms. The van der Waals surface area contributed by atoms with Crippen LogP contribution in [0.1, 0.15) is 23.2 Å². The Hall–Kier alpha value is -2.63. The lowest BCUT2D eigenvalue weighted by Crippen LogP contribution is -2.49. The molecule has 0 unspecified atom stereocenters. The Morgan fingerprint density at radius 2 is 1.85 bits per heavy atom. The molecule has 5 nitrogen and oxygen atoms in total. The van der Waals surface area contributed by atoms with Crippen molar-refractivity contribution in [2.45, 2.75) is 12.8 Å². The van der Waals surface area contributed by atoms with Gasteiger partial charge in [0.1, 0.15) is 17.4 Å². The van der Waals surface area contributed by atoms with E-state index >= 15 is 0 Å². The van der Waals surface area contributed by atoms with Crippen molar-refractivity contribution >= 4 is 11.7 Å². The first-order valence-corrected chi connectivity index (χ1v) is 9.08. The van der Waals surface area contributed by atoms with Gasteiger partial charge in [0.25, 0.3) is 5.91 Å². The van der Waals surface area contributed by atoms with Crippen molar-refractivity contribution < 1.29 is 13.9 Å². The summed E-state index contributed by atoms with van der Waals surface area (Å²) < 4.78 is 18.8. The van der Waals surface area contributed by atoms with E-state index in [-0.39, 0.29) is 11.7 Å². The Balaban J connectivity index is 1.34. The summed E-state index contributed by atoms with van der Waals surface area (Å²) in [5, 5.41) is 0. The SMILES string of the molecule is O=C(c1ccc(F)cc1)N1CCN(c2cc(OCC3CC3)ccn2)CC1. The average molecular weight is 355 g/mol. The molecule has 1 aliphatic heterocycles. The molecule has 1 saturated heterocycles. The summed E-state index contributed by atoms with van der Waals surface area (Å²) in [6, 6.07) is 9.57. The Morgan fingerprint density at radius 1 is 1.12 bits per heavy atom. The maximum Gasteiger partial charge on any atom is 0.253 e. The van der Waals surface area contributed by atoms with Gasteiger partial charge in [-0.15, -0.1) is 0 Å². The lowest BCUT2D eigenvalue weighted by atomic mass is 10.2. The number of amides is 1. The van der Waals surface area contributed by atoms with Crippen LogP contribution in [0.5, 0.6) is 5.75 Å². The lowest BCUT2D eigenvalue weighted by molar-refractivity contribution is 0.0746. The van der Waals surface area contributed by atoms with Gasteiger partial charge in [0.15, 0.2) is 0 Å². The summed E-state index contributed by atoms with van der Waals surface area (Å²) in [5.74, 6) is 2.06. The van der Waals surface area contributed by atoms with Gasteiger partial charge >= 0.3 is 0 Å². The van der Waals surface area contributed by atoms with Gasteiger partial charge in [-0.05, 0) is 49.1 Å². The number of hydrogen-bond donors (Lipinski definition) is 0. The highest BCUT2D eigenvalue weighted by Crippen LogP contribution is 2.30. The first-order chi connectivity index (χ1) is 12.7. The second-order valence-corrected chi connectivity index (χ2v) is 6.89. The highest BCUT2D eigenvalue weighted by molar-refractivity contribution is 5.94. The zero-order chi connectivity index (χ0) is 17.9. The number of anilines is 1. The third-order valence-corrected chi connectivity index (χ3v) is 4.88. The summed E-state index contributed by atoms with van der Waals surface area (Å²) >= 11 is 0. The van der Waals surface area contributed by atoms with E-state index in [0.29, 0.717) is 37.7 Å². The number of carbonyl (C=O) groups excluding carboxylic acids is 1. The molecule has 4 rings (SSSR count). The third kappa shape index (κ3) is 3.95. The Labute approximate surface area is 152 Å². The van der Waals surface area contributed by atoms with Gasteiger partial charge in [0.2, 0.25) is 0 Å². The van der Waals surface area contributed by atoms with E-state index in [1.54, 1.807) is 11.1 Å². The lowest BCUT2D eigenvalue weighted by Gasteiger charge is -2.35. The van der Waals surface area contributed by atoms with Crippen LogP contribution in [-0.4, -0.2) is 48.6 Å². The van der Waals surface area contributed by atoms with Crippen molar-refractivity contribution in [1.82, 2.24) is 9.88 Å². The van der Waals surface area contributed by atoms with Crippen LogP contribution < -0.4 is 9.64 Å². The molecule has 2 fully saturated rings. The first-order valence-electron chi connectivity index (χ1n) is 9.08. The largest absolute Gasteiger partial charge is 0.493 e. The fraction of sp³-hybridized carbons (Fsp3) is 0.400. The Kier molecular flexibility index (Phi) is 4.73. The highest BCUT2D eigenvalue weighted by atomic mass is 19.1. The van der Waals surface area contributed by atoms with E-state index in [1.165, 1.54) is 37.1 Å². The number of piperazine rings is 1. The minimum absolute atomic E-state index is 0.0564. The van der Waals surface area contributed by atoms with E-state index in [2.05, 4.69) is 9.88 Å². The van der Waals surface area contributed by atoms with Crippen molar-refractivity contribution in [3.05, 3.63) is 54.0 Å². The molecule has 2 heterocycles. The van der Waals surface area contributed by atoms with Crippen LogP contribution in [0.4, 0.5) is 10.2 Å². The molecule has 0 spiro atoms. The van der Waals surface area contributed by atoms with Crippen LogP contribution in [0.2, 0.25) is 0 Å². The summed E-state index contributed by atoms with van der Waals surface area (Å²) in [4.78, 5) is 20.9. The molecular formula is C20H22FN3O2. The molecule has 1 amide bonds. The minimum Gasteiger partial charge on any atom is -0.493 e. The normalized spacial score (nSPS) is 17.3. The van der Waals surface area contributed by atoms with Crippen molar-refractivity contribution in [2.75, 3.05) is 37.7 Å². The van der Waals surface area contributed by atoms with Crippen molar-refractivity contribution in [3.8, 4) is 5.75 Å². The molecule has 1 aromatic carbocycles. The first kappa shape index (κ1) is 16.8. The van der Waals surface area contributed by atoms with Crippen LogP contribution in [0.25, 0.3) is 0 Å². The number of rotatable bonds is 5. The molecule has 1 aromatic heterocycles. The number of nitrogens with zero attached hydrogens (tertiary/aromatic N) is 3. The topological polar surface area (TPSA) is 45.7 Å². The molecule has 1 saturated carbocycles. The Morgan fingerprint density at radius 3 is 2.54 bits per heavy atom. The van der Waals surface area contributed by atoms with E-state index in [9.17, 15) is 9.18 Å². The number of pyridine rings is 1. The van der Waals surface area contributed by atoms with Crippen molar-refractivity contribution in [2.24, 2.45) is 5.92 Å². The molecule has 0 atom stereocenters. The van der Waals surface area contributed by atoms with Gasteiger partial charge in [-0.25, -0.2) is 9.37 Å². The summed E-state index contributed by atoms with van der Waals surface area (Å²) in [7, 11) is 0. The van der Waals surface area contributed by atoms with Gasteiger partial charge in [0, 0.05) is 44.0 Å². The molecule has 0 N–H and O–H groups in total. The van der Waals surface area contributed by atoms with E-state index in [1.807, 2.05) is 12.1 Å². The third-order valence-electron chi connectivity index (χ3n) is 4.88. The van der Waals surface area contributed by atoms with Gasteiger partial charge in [-0.1, -0.05) is 0 Å². The number of hydrogen-bond acceptors (Lipinski definition) is 4. The summed E-state index contributed by atoms with van der Waals surface area (Å²) in [6.45, 7) is 3.44. The zero-order valence-corrected chi connectivity index (χ0v) is 14.6. The van der Waals surface area contributed by atoms with Crippen LogP contribution in [0.15, 0.2) is 42.6 Å². The molecule has 0 radical (unpaired) electrons. The molecule has 1 aliphatic carbocycles. The predicted molar refractivity (Wildman–Crippen MR) is 97.0 cm³/mol. The van der Waals surface area contributed by atoms with Gasteiger partial charge < -0.3 is 14.5 Å². The van der Waals surface area contributed by atoms with E-state index in [4.69, 9.17) is 4.74 Å². The van der Waals surface area contributed by atoms with Gasteiger partial charge in [-0.2, -0.15) is 0 Å². The van der Waals surface area contributed by atoms with Crippen LogP contribution >= 0.6 is 0 Å². The molecular weight excluding hydrogens is 333 g/mol. The van der Waals surface area contributed by atoms with E-state index < -0.39 is 0 Å². The number of aromatic nitrogens is 1. The fourth-order valence-electron chi connectivity index (χ4n) is 3.07. The predicted octanol–water partition coefficient (Wildman–Crippen LogP) is 2.97. The fourth-order valence-corrected chi connectivity index (χ4v) is 3.07. The Bertz CT molecular complexity index is 769. The summed E-state index contributed by atoms with van der Waals surface area (Å²) in [5.41, 5.74) is 0.522. The van der Waals surface area contributed by atoms with E-state index in [0.717, 1.165) is 18.2 Å². The maximum atomic E-state index is 13.0. The smallest absolute Gasteiger partial charge is 0.253 e. The monoisotopic (exact) mass is 355 g/mol. The van der Waals surface area contributed by atoms with Crippen molar-refractivity contribution in [3.63, 3.8) is 0 Å². The van der Waals surface area contributed by atoms with Gasteiger partial charge in [-0.3, -0.25) is 4.79 Å². The molecule has 0 bridgehead atoms. The highest BCUT2D eigenvalue weighted by Gasteiger charge is 2.24. The van der Waals surface area contributed by atoms with Crippen molar-refractivity contribution in [1.29, 1.82) is 0 Å².